The van der Waals surface area contributed by atoms with Gasteiger partial charge in [0, 0.05) is 73.7 Å². The van der Waals surface area contributed by atoms with Gasteiger partial charge in [-0.25, -0.2) is 4.98 Å². The average molecular weight is 477 g/mol. The zero-order valence-electron chi connectivity index (χ0n) is 20.4. The maximum atomic E-state index is 6.34. The fraction of sp³-hybridized carbons (Fsp3) is 0.400. The summed E-state index contributed by atoms with van der Waals surface area (Å²) in [5.74, 6) is 2.52. The second kappa shape index (κ2) is 9.93. The number of hydrogen-bond acceptors (Lipinski definition) is 8. The maximum Gasteiger partial charge on any atom is 0.165 e. The van der Waals surface area contributed by atoms with Gasteiger partial charge in [0.1, 0.15) is 17.3 Å². The molecule has 2 atom stereocenters. The van der Waals surface area contributed by atoms with Gasteiger partial charge < -0.3 is 25.8 Å². The van der Waals surface area contributed by atoms with Crippen LogP contribution >= 0.6 is 0 Å². The number of aromatic nitrogens is 5. The van der Waals surface area contributed by atoms with Crippen LogP contribution in [0.4, 0.5) is 5.82 Å². The molecule has 10 heteroatoms. The van der Waals surface area contributed by atoms with E-state index in [1.54, 1.807) is 29.6 Å². The summed E-state index contributed by atoms with van der Waals surface area (Å²) < 4.78 is 14.3. The first-order chi connectivity index (χ1) is 17.1. The highest BCUT2D eigenvalue weighted by molar-refractivity contribution is 5.77. The summed E-state index contributed by atoms with van der Waals surface area (Å²) in [5, 5.41) is 15.9. The first-order valence-corrected chi connectivity index (χ1v) is 11.8. The van der Waals surface area contributed by atoms with Crippen molar-refractivity contribution >= 4 is 11.5 Å². The zero-order chi connectivity index (χ0) is 24.4. The molecule has 184 valence electrons. The third-order valence-electron chi connectivity index (χ3n) is 6.67. The Balaban J connectivity index is 1.21. The standard InChI is InChI=1S/C25H32N8O2/c1-32-15-18(12-29-32)21-14-30-33-24(26)9-22(31-25(21)33)16-4-6-19(28-11-16)13-27-10-17-5-7-20(34-2)8-23(17)35-3/h5,7-9,12,14-16,19,27-28H,4,6,10-11,13,26H2,1-3H3/t16?,19-/m0/s1. The van der Waals surface area contributed by atoms with E-state index in [4.69, 9.17) is 20.2 Å². The molecule has 10 nitrogen and oxygen atoms in total. The number of piperidine rings is 1. The van der Waals surface area contributed by atoms with E-state index in [0.717, 1.165) is 72.0 Å². The lowest BCUT2D eigenvalue weighted by molar-refractivity contribution is 0.348. The Morgan fingerprint density at radius 1 is 1.14 bits per heavy atom. The molecule has 4 aromatic rings. The van der Waals surface area contributed by atoms with Gasteiger partial charge in [0.25, 0.3) is 0 Å². The molecule has 1 fully saturated rings. The molecule has 1 aliphatic rings. The van der Waals surface area contributed by atoms with E-state index >= 15 is 0 Å². The summed E-state index contributed by atoms with van der Waals surface area (Å²) in [5.41, 5.74) is 11.1. The van der Waals surface area contributed by atoms with Gasteiger partial charge in [-0.15, -0.1) is 0 Å². The summed E-state index contributed by atoms with van der Waals surface area (Å²) in [6, 6.07) is 8.26. The summed E-state index contributed by atoms with van der Waals surface area (Å²) in [6.07, 6.45) is 7.69. The van der Waals surface area contributed by atoms with Crippen LogP contribution in [0, 0.1) is 0 Å². The van der Waals surface area contributed by atoms with Gasteiger partial charge >= 0.3 is 0 Å². The van der Waals surface area contributed by atoms with Gasteiger partial charge in [-0.3, -0.25) is 4.68 Å². The predicted molar refractivity (Wildman–Crippen MR) is 135 cm³/mol. The number of nitrogen functional groups attached to an aromatic ring is 1. The number of ether oxygens (including phenoxy) is 2. The molecule has 0 aliphatic carbocycles. The number of benzene rings is 1. The minimum Gasteiger partial charge on any atom is -0.497 e. The van der Waals surface area contributed by atoms with E-state index in [2.05, 4.69) is 20.8 Å². The number of methoxy groups -OCH3 is 2. The first-order valence-electron chi connectivity index (χ1n) is 11.8. The van der Waals surface area contributed by atoms with Crippen molar-refractivity contribution < 1.29 is 9.47 Å². The molecule has 5 rings (SSSR count). The van der Waals surface area contributed by atoms with Crippen LogP contribution in [0.2, 0.25) is 0 Å². The fourth-order valence-electron chi connectivity index (χ4n) is 4.70. The van der Waals surface area contributed by atoms with E-state index in [1.165, 1.54) is 0 Å². The van der Waals surface area contributed by atoms with Crippen molar-refractivity contribution in [2.45, 2.75) is 31.3 Å². The lowest BCUT2D eigenvalue weighted by atomic mass is 9.91. The largest absolute Gasteiger partial charge is 0.497 e. The van der Waals surface area contributed by atoms with Crippen LogP contribution < -0.4 is 25.8 Å². The van der Waals surface area contributed by atoms with Gasteiger partial charge in [0.05, 0.1) is 32.3 Å². The van der Waals surface area contributed by atoms with Gasteiger partial charge in [-0.05, 0) is 18.9 Å². The van der Waals surface area contributed by atoms with E-state index in [0.29, 0.717) is 17.8 Å². The number of nitrogens with two attached hydrogens (primary N) is 1. The van der Waals surface area contributed by atoms with Crippen LogP contribution in [-0.4, -0.2) is 57.7 Å². The SMILES string of the molecule is COc1ccc(CNC[C@@H]2CCC(c3cc(N)n4ncc(-c5cnn(C)c5)c4n3)CN2)c(OC)c1. The lowest BCUT2D eigenvalue weighted by Crippen LogP contribution is -2.44. The molecule has 4 N–H and O–H groups in total. The third kappa shape index (κ3) is 4.80. The van der Waals surface area contributed by atoms with Crippen molar-refractivity contribution in [1.29, 1.82) is 0 Å². The minimum atomic E-state index is 0.303. The highest BCUT2D eigenvalue weighted by Crippen LogP contribution is 2.30. The van der Waals surface area contributed by atoms with Crippen molar-refractivity contribution in [2.24, 2.45) is 7.05 Å². The summed E-state index contributed by atoms with van der Waals surface area (Å²) >= 11 is 0. The first kappa shape index (κ1) is 23.1. The van der Waals surface area contributed by atoms with Crippen molar-refractivity contribution in [3.05, 3.63) is 54.1 Å². The normalized spacial score (nSPS) is 18.1. The zero-order valence-corrected chi connectivity index (χ0v) is 20.4. The molecular formula is C25H32N8O2. The smallest absolute Gasteiger partial charge is 0.165 e. The van der Waals surface area contributed by atoms with Crippen molar-refractivity contribution in [1.82, 2.24) is 35.0 Å². The Morgan fingerprint density at radius 3 is 2.74 bits per heavy atom. The van der Waals surface area contributed by atoms with E-state index in [9.17, 15) is 0 Å². The molecule has 0 radical (unpaired) electrons. The minimum absolute atomic E-state index is 0.303. The van der Waals surface area contributed by atoms with E-state index in [1.807, 2.05) is 43.7 Å². The second-order valence-electron chi connectivity index (χ2n) is 8.99. The molecule has 0 saturated carbocycles. The molecule has 3 aromatic heterocycles. The summed E-state index contributed by atoms with van der Waals surface area (Å²) in [7, 11) is 5.24. The van der Waals surface area contributed by atoms with Crippen LogP contribution in [0.3, 0.4) is 0 Å². The number of anilines is 1. The number of fused-ring (bicyclic) bond motifs is 1. The van der Waals surface area contributed by atoms with Crippen LogP contribution in [0.25, 0.3) is 16.8 Å². The molecule has 35 heavy (non-hydrogen) atoms. The Kier molecular flexibility index (Phi) is 6.56. The second-order valence-corrected chi connectivity index (χ2v) is 8.99. The average Bonchev–Trinajstić information content (AvgIpc) is 3.50. The number of nitrogens with one attached hydrogen (secondary N) is 2. The molecule has 4 heterocycles. The Hall–Kier alpha value is -3.63. The highest BCUT2D eigenvalue weighted by Gasteiger charge is 2.24. The summed E-state index contributed by atoms with van der Waals surface area (Å²) in [6.45, 7) is 2.48. The van der Waals surface area contributed by atoms with Gasteiger partial charge in [-0.2, -0.15) is 14.7 Å². The molecule has 0 bridgehead atoms. The molecule has 1 saturated heterocycles. The van der Waals surface area contributed by atoms with Gasteiger partial charge in [0.15, 0.2) is 5.65 Å². The monoisotopic (exact) mass is 476 g/mol. The lowest BCUT2D eigenvalue weighted by Gasteiger charge is -2.30. The van der Waals surface area contributed by atoms with E-state index < -0.39 is 0 Å². The molecule has 1 unspecified atom stereocenters. The molecule has 0 amide bonds. The summed E-state index contributed by atoms with van der Waals surface area (Å²) in [4.78, 5) is 4.97. The Labute approximate surface area is 204 Å². The van der Waals surface area contributed by atoms with Crippen molar-refractivity contribution in [3.63, 3.8) is 0 Å². The van der Waals surface area contributed by atoms with E-state index in [-0.39, 0.29) is 0 Å². The molecule has 1 aromatic carbocycles. The number of nitrogens with zero attached hydrogens (tertiary/aromatic N) is 5. The third-order valence-corrected chi connectivity index (χ3v) is 6.67. The fourth-order valence-corrected chi connectivity index (χ4v) is 4.70. The predicted octanol–water partition coefficient (Wildman–Crippen LogP) is 2.35. The Morgan fingerprint density at radius 2 is 2.03 bits per heavy atom. The van der Waals surface area contributed by atoms with Gasteiger partial charge in [0.2, 0.25) is 0 Å². The molecular weight excluding hydrogens is 444 g/mol. The Bertz CT molecular complexity index is 1310. The molecule has 0 spiro atoms. The van der Waals surface area contributed by atoms with Crippen LogP contribution in [0.5, 0.6) is 11.5 Å². The highest BCUT2D eigenvalue weighted by atomic mass is 16.5. The van der Waals surface area contributed by atoms with Gasteiger partial charge in [-0.1, -0.05) is 6.07 Å². The number of aryl methyl sites for hydroxylation is 1. The molecule has 1 aliphatic heterocycles. The quantitative estimate of drug-likeness (QED) is 0.355. The van der Waals surface area contributed by atoms with Crippen molar-refractivity contribution in [2.75, 3.05) is 33.0 Å². The van der Waals surface area contributed by atoms with Crippen LogP contribution in [0.1, 0.15) is 30.0 Å². The van der Waals surface area contributed by atoms with Crippen LogP contribution in [-0.2, 0) is 13.6 Å². The van der Waals surface area contributed by atoms with Crippen LogP contribution in [0.15, 0.2) is 42.9 Å². The maximum absolute atomic E-state index is 6.34. The topological polar surface area (TPSA) is 117 Å². The number of hydrogen-bond donors (Lipinski definition) is 3. The van der Waals surface area contributed by atoms with Crippen molar-refractivity contribution in [3.8, 4) is 22.6 Å². The number of rotatable bonds is 8.